The lowest BCUT2D eigenvalue weighted by atomic mass is 9.74. The Morgan fingerprint density at radius 3 is 2.31 bits per heavy atom. The van der Waals surface area contributed by atoms with Gasteiger partial charge in [-0.3, -0.25) is 9.59 Å². The van der Waals surface area contributed by atoms with Gasteiger partial charge in [-0.2, -0.15) is 13.2 Å². The van der Waals surface area contributed by atoms with Crippen molar-refractivity contribution in [3.63, 3.8) is 0 Å². The van der Waals surface area contributed by atoms with E-state index < -0.39 is 65.5 Å². The van der Waals surface area contributed by atoms with Crippen LogP contribution in [0.4, 0.5) is 22.0 Å². The Morgan fingerprint density at radius 1 is 1.11 bits per heavy atom. The molecule has 3 aliphatic rings. The second-order valence-electron chi connectivity index (χ2n) is 10.5. The van der Waals surface area contributed by atoms with E-state index in [0.717, 1.165) is 6.07 Å². The van der Waals surface area contributed by atoms with E-state index in [1.165, 1.54) is 13.0 Å². The smallest absolute Gasteiger partial charge is 0.352 e. The number of benzene rings is 1. The molecule has 0 heterocycles. The zero-order chi connectivity index (χ0) is 26.5. The summed E-state index contributed by atoms with van der Waals surface area (Å²) in [5.74, 6) is -2.38. The van der Waals surface area contributed by atoms with E-state index in [4.69, 9.17) is 23.2 Å². The number of amides is 2. The fourth-order valence-corrected chi connectivity index (χ4v) is 6.74. The molecule has 36 heavy (non-hydrogen) atoms. The number of fused-ring (bicyclic) bond motifs is 2. The predicted octanol–water partition coefficient (Wildman–Crippen LogP) is 5.40. The van der Waals surface area contributed by atoms with Gasteiger partial charge in [0, 0.05) is 30.5 Å². The van der Waals surface area contributed by atoms with Gasteiger partial charge in [0.1, 0.15) is 11.5 Å². The molecule has 0 aliphatic heterocycles. The third-order valence-corrected chi connectivity index (χ3v) is 8.78. The molecule has 2 bridgehead atoms. The van der Waals surface area contributed by atoms with Gasteiger partial charge in [-0.1, -0.05) is 23.2 Å². The van der Waals surface area contributed by atoms with Crippen molar-refractivity contribution in [1.82, 2.24) is 16.0 Å². The predicted molar refractivity (Wildman–Crippen MR) is 125 cm³/mol. The summed E-state index contributed by atoms with van der Waals surface area (Å²) in [6, 6.07) is 0.00279. The summed E-state index contributed by atoms with van der Waals surface area (Å²) in [7, 11) is 0. The number of hydrogen-bond donors (Lipinski definition) is 3. The Hall–Kier alpha value is -1.65. The number of alkyl halides is 4. The topological polar surface area (TPSA) is 70.2 Å². The van der Waals surface area contributed by atoms with Gasteiger partial charge >= 0.3 is 6.18 Å². The zero-order valence-electron chi connectivity index (χ0n) is 19.6. The molecule has 0 radical (unpaired) electrons. The fraction of sp³-hybridized carbons (Fsp3) is 0.667. The van der Waals surface area contributed by atoms with Crippen molar-refractivity contribution in [2.45, 2.75) is 81.8 Å². The van der Waals surface area contributed by atoms with E-state index in [1.807, 2.05) is 0 Å². The van der Waals surface area contributed by atoms with Crippen LogP contribution in [0.15, 0.2) is 12.1 Å². The molecule has 3 saturated carbocycles. The lowest BCUT2D eigenvalue weighted by Gasteiger charge is -2.38. The molecule has 5 nitrogen and oxygen atoms in total. The quantitative estimate of drug-likeness (QED) is 0.312. The number of hydrogen-bond acceptors (Lipinski definition) is 3. The second kappa shape index (κ2) is 9.91. The lowest BCUT2D eigenvalue weighted by molar-refractivity contribution is -0.127. The first-order chi connectivity index (χ1) is 16.7. The van der Waals surface area contributed by atoms with E-state index in [-0.39, 0.29) is 47.7 Å². The van der Waals surface area contributed by atoms with Crippen molar-refractivity contribution < 1.29 is 31.5 Å². The summed E-state index contributed by atoms with van der Waals surface area (Å²) in [5, 5.41) is 7.91. The highest BCUT2D eigenvalue weighted by atomic mass is 35.5. The van der Waals surface area contributed by atoms with Gasteiger partial charge in [0.05, 0.1) is 22.6 Å². The first kappa shape index (κ1) is 27.4. The van der Waals surface area contributed by atoms with Crippen LogP contribution in [0, 0.1) is 17.2 Å². The molecule has 4 rings (SSSR count). The molecular formula is C24H28Cl2F5N3O2. The summed E-state index contributed by atoms with van der Waals surface area (Å²) in [6.45, 7) is -0.0214. The maximum atomic E-state index is 15.1. The van der Waals surface area contributed by atoms with Crippen LogP contribution in [0.2, 0.25) is 10.0 Å². The van der Waals surface area contributed by atoms with Gasteiger partial charge in [-0.15, -0.1) is 0 Å². The average Bonchev–Trinajstić information content (AvgIpc) is 3.44. The highest BCUT2D eigenvalue weighted by Crippen LogP contribution is 2.64. The van der Waals surface area contributed by atoms with E-state index in [2.05, 4.69) is 16.0 Å². The molecule has 4 atom stereocenters. The summed E-state index contributed by atoms with van der Waals surface area (Å²) >= 11 is 12.5. The van der Waals surface area contributed by atoms with Gasteiger partial charge < -0.3 is 16.0 Å². The van der Waals surface area contributed by atoms with Crippen LogP contribution in [0.3, 0.4) is 0 Å². The van der Waals surface area contributed by atoms with Crippen molar-refractivity contribution >= 4 is 35.0 Å². The molecule has 3 aliphatic carbocycles. The van der Waals surface area contributed by atoms with E-state index >= 15 is 8.78 Å². The summed E-state index contributed by atoms with van der Waals surface area (Å²) in [6.07, 6.45) is -2.77. The molecule has 0 aromatic heterocycles. The van der Waals surface area contributed by atoms with Gasteiger partial charge in [-0.05, 0) is 62.5 Å². The van der Waals surface area contributed by atoms with Gasteiger partial charge in [0.25, 0.3) is 0 Å². The first-order valence-electron chi connectivity index (χ1n) is 11.9. The Balaban J connectivity index is 1.59. The zero-order valence-corrected chi connectivity index (χ0v) is 21.1. The molecule has 2 amide bonds. The number of nitrogens with one attached hydrogen (secondary N) is 3. The number of rotatable bonds is 7. The summed E-state index contributed by atoms with van der Waals surface area (Å²) < 4.78 is 68.6. The number of halogens is 7. The van der Waals surface area contributed by atoms with Gasteiger partial charge in [0.15, 0.2) is 0 Å². The van der Waals surface area contributed by atoms with Gasteiger partial charge in [-0.25, -0.2) is 8.78 Å². The minimum atomic E-state index is -4.46. The average molecular weight is 556 g/mol. The molecule has 1 aromatic rings. The van der Waals surface area contributed by atoms with Crippen molar-refractivity contribution in [2.75, 3.05) is 6.54 Å². The highest BCUT2D eigenvalue weighted by Gasteiger charge is 2.59. The lowest BCUT2D eigenvalue weighted by Crippen LogP contribution is -2.48. The third-order valence-electron chi connectivity index (χ3n) is 7.96. The molecule has 3 fully saturated rings. The number of carbonyl (C=O) groups is 2. The molecule has 0 spiro atoms. The molecule has 0 saturated heterocycles. The van der Waals surface area contributed by atoms with Crippen LogP contribution in [-0.4, -0.2) is 42.3 Å². The van der Waals surface area contributed by atoms with Crippen molar-refractivity contribution in [1.29, 1.82) is 0 Å². The molecule has 1 aromatic carbocycles. The van der Waals surface area contributed by atoms with Crippen LogP contribution in [-0.2, 0) is 9.59 Å². The van der Waals surface area contributed by atoms with Crippen LogP contribution >= 0.6 is 23.2 Å². The fourth-order valence-electron chi connectivity index (χ4n) is 6.32. The summed E-state index contributed by atoms with van der Waals surface area (Å²) in [5.41, 5.74) is -2.16. The standard InChI is InChI=1S/C24H28Cl2F5N3O2/c1-12(35)33-17-9-13(8-16(17)32-11-24(29,30)31)21(36)34-20(18-15(27)3-2-14(25)19(18)26)22-4-6-23(28,10-22)7-5-22/h2-3,13,16-17,20,32H,4-11H2,1H3,(H,33,35)(H,34,36)/t13-,16-,17+,20-,22?,23?/m1/s1. The van der Waals surface area contributed by atoms with Gasteiger partial charge in [0.2, 0.25) is 11.8 Å². The van der Waals surface area contributed by atoms with Crippen molar-refractivity contribution in [3.8, 4) is 0 Å². The second-order valence-corrected chi connectivity index (χ2v) is 11.3. The first-order valence-corrected chi connectivity index (χ1v) is 12.7. The van der Waals surface area contributed by atoms with E-state index in [9.17, 15) is 22.8 Å². The number of carbonyl (C=O) groups excluding carboxylic acids is 2. The molecule has 12 heteroatoms. The Morgan fingerprint density at radius 2 is 1.75 bits per heavy atom. The van der Waals surface area contributed by atoms with Crippen LogP contribution in [0.25, 0.3) is 0 Å². The SMILES string of the molecule is CC(=O)N[C@H]1C[C@H](C(=O)N[C@H](c2c(F)ccc(Cl)c2Cl)C23CCC(F)(CC2)C3)C[C@H]1NCC(F)(F)F. The molecular weight excluding hydrogens is 528 g/mol. The Kier molecular flexibility index (Phi) is 7.54. The molecule has 0 unspecified atom stereocenters. The van der Waals surface area contributed by atoms with Crippen molar-refractivity contribution in [2.24, 2.45) is 11.3 Å². The van der Waals surface area contributed by atoms with Crippen molar-refractivity contribution in [3.05, 3.63) is 33.6 Å². The summed E-state index contributed by atoms with van der Waals surface area (Å²) in [4.78, 5) is 25.1. The maximum absolute atomic E-state index is 15.1. The van der Waals surface area contributed by atoms with E-state index in [1.54, 1.807) is 0 Å². The van der Waals surface area contributed by atoms with Crippen LogP contribution in [0.5, 0.6) is 0 Å². The van der Waals surface area contributed by atoms with E-state index in [0.29, 0.717) is 12.8 Å². The van der Waals surface area contributed by atoms with Crippen LogP contribution < -0.4 is 16.0 Å². The Labute approximate surface area is 215 Å². The van der Waals surface area contributed by atoms with Crippen LogP contribution in [0.1, 0.15) is 63.5 Å². The minimum Gasteiger partial charge on any atom is -0.352 e. The molecule has 200 valence electrons. The molecule has 3 N–H and O–H groups in total. The normalized spacial score (nSPS) is 32.5. The monoisotopic (exact) mass is 555 g/mol. The largest absolute Gasteiger partial charge is 0.401 e. The third kappa shape index (κ3) is 5.60. The highest BCUT2D eigenvalue weighted by molar-refractivity contribution is 6.42. The minimum absolute atomic E-state index is 0.00757. The Bertz CT molecular complexity index is 1030. The maximum Gasteiger partial charge on any atom is 0.401 e.